The molecular formula is C14H25Cl2N. The summed E-state index contributed by atoms with van der Waals surface area (Å²) in [4.78, 5) is 0. The van der Waals surface area contributed by atoms with Gasteiger partial charge in [-0.15, -0.1) is 24.0 Å². The van der Waals surface area contributed by atoms with Crippen LogP contribution in [0.25, 0.3) is 0 Å². The molecule has 4 atom stereocenters. The molecule has 4 rings (SSSR count). The Morgan fingerprint density at radius 2 is 1.82 bits per heavy atom. The van der Waals surface area contributed by atoms with Crippen molar-refractivity contribution in [3.63, 3.8) is 0 Å². The maximum atomic E-state index is 6.80. The van der Waals surface area contributed by atoms with Gasteiger partial charge in [0.2, 0.25) is 0 Å². The van der Waals surface area contributed by atoms with Crippen LogP contribution < -0.4 is 5.32 Å². The van der Waals surface area contributed by atoms with Crippen molar-refractivity contribution in [1.29, 1.82) is 0 Å². The lowest BCUT2D eigenvalue weighted by Gasteiger charge is -2.60. The highest BCUT2D eigenvalue weighted by Gasteiger charge is 2.56. The van der Waals surface area contributed by atoms with Gasteiger partial charge in [-0.2, -0.15) is 0 Å². The van der Waals surface area contributed by atoms with Gasteiger partial charge in [0.15, 0.2) is 0 Å². The molecule has 0 saturated heterocycles. The minimum absolute atomic E-state index is 0. The molecular weight excluding hydrogens is 253 g/mol. The van der Waals surface area contributed by atoms with Crippen LogP contribution in [0.4, 0.5) is 0 Å². The van der Waals surface area contributed by atoms with Gasteiger partial charge in [-0.25, -0.2) is 0 Å². The largest absolute Gasteiger partial charge is 0.317 e. The standard InChI is InChI=1S/C14H24ClN.ClH/c1-9(16-2)6-14-7-10-3-11(8-14)5-12(4-10)13(14)15;/h9-13,16H,3-8H2,1-2H3;1H. The first-order chi connectivity index (χ1) is 7.63. The van der Waals surface area contributed by atoms with E-state index in [1.165, 1.54) is 38.5 Å². The molecule has 4 aliphatic rings. The Bertz CT molecular complexity index is 267. The molecule has 3 heteroatoms. The van der Waals surface area contributed by atoms with Crippen molar-refractivity contribution < 1.29 is 0 Å². The molecule has 4 bridgehead atoms. The fourth-order valence-electron chi connectivity index (χ4n) is 5.14. The van der Waals surface area contributed by atoms with Crippen LogP contribution in [0.15, 0.2) is 0 Å². The summed E-state index contributed by atoms with van der Waals surface area (Å²) in [6.07, 6.45) is 8.50. The van der Waals surface area contributed by atoms with Gasteiger partial charge in [0.25, 0.3) is 0 Å². The topological polar surface area (TPSA) is 12.0 Å². The number of rotatable bonds is 3. The van der Waals surface area contributed by atoms with Gasteiger partial charge in [-0.3, -0.25) is 0 Å². The van der Waals surface area contributed by atoms with Crippen LogP contribution in [0.2, 0.25) is 0 Å². The molecule has 0 heterocycles. The summed E-state index contributed by atoms with van der Waals surface area (Å²) in [6, 6.07) is 0.623. The molecule has 0 aromatic rings. The zero-order chi connectivity index (χ0) is 11.3. The number of hydrogen-bond donors (Lipinski definition) is 1. The van der Waals surface area contributed by atoms with Crippen molar-refractivity contribution >= 4 is 24.0 Å². The summed E-state index contributed by atoms with van der Waals surface area (Å²) >= 11 is 6.80. The van der Waals surface area contributed by atoms with E-state index in [-0.39, 0.29) is 12.4 Å². The molecule has 0 aromatic carbocycles. The summed E-state index contributed by atoms with van der Waals surface area (Å²) in [7, 11) is 2.08. The normalized spacial score (nSPS) is 48.9. The fraction of sp³-hybridized carbons (Fsp3) is 1.00. The van der Waals surface area contributed by atoms with Crippen LogP contribution in [0, 0.1) is 23.2 Å². The zero-order valence-electron chi connectivity index (χ0n) is 10.9. The van der Waals surface area contributed by atoms with Crippen molar-refractivity contribution in [3.8, 4) is 0 Å². The van der Waals surface area contributed by atoms with E-state index in [4.69, 9.17) is 11.6 Å². The molecule has 1 nitrogen and oxygen atoms in total. The van der Waals surface area contributed by atoms with E-state index in [2.05, 4.69) is 19.3 Å². The van der Waals surface area contributed by atoms with Crippen LogP contribution in [-0.2, 0) is 0 Å². The van der Waals surface area contributed by atoms with Crippen LogP contribution in [0.5, 0.6) is 0 Å². The van der Waals surface area contributed by atoms with Crippen molar-refractivity contribution in [3.05, 3.63) is 0 Å². The molecule has 4 saturated carbocycles. The molecule has 1 N–H and O–H groups in total. The fourth-order valence-corrected chi connectivity index (χ4v) is 5.61. The maximum absolute atomic E-state index is 6.80. The van der Waals surface area contributed by atoms with E-state index >= 15 is 0 Å². The van der Waals surface area contributed by atoms with Crippen molar-refractivity contribution in [2.24, 2.45) is 23.2 Å². The smallest absolute Gasteiger partial charge is 0.0421 e. The summed E-state index contributed by atoms with van der Waals surface area (Å²) in [6.45, 7) is 2.31. The molecule has 100 valence electrons. The van der Waals surface area contributed by atoms with Gasteiger partial charge in [0.05, 0.1) is 0 Å². The zero-order valence-corrected chi connectivity index (χ0v) is 12.5. The molecule has 0 radical (unpaired) electrons. The lowest BCUT2D eigenvalue weighted by atomic mass is 9.48. The number of hydrogen-bond acceptors (Lipinski definition) is 1. The first-order valence-corrected chi connectivity index (χ1v) is 7.38. The summed E-state index contributed by atoms with van der Waals surface area (Å²) in [5, 5.41) is 3.87. The quantitative estimate of drug-likeness (QED) is 0.773. The highest BCUT2D eigenvalue weighted by Crippen LogP contribution is 2.63. The van der Waals surface area contributed by atoms with E-state index in [0.29, 0.717) is 16.8 Å². The number of nitrogens with one attached hydrogen (secondary N) is 1. The van der Waals surface area contributed by atoms with Crippen LogP contribution in [0.3, 0.4) is 0 Å². The Morgan fingerprint density at radius 3 is 2.35 bits per heavy atom. The van der Waals surface area contributed by atoms with Crippen molar-refractivity contribution in [1.82, 2.24) is 5.32 Å². The lowest BCUT2D eigenvalue weighted by Crippen LogP contribution is -2.55. The van der Waals surface area contributed by atoms with E-state index in [0.717, 1.165) is 17.8 Å². The highest BCUT2D eigenvalue weighted by molar-refractivity contribution is 6.21. The Balaban J connectivity index is 0.00000108. The van der Waals surface area contributed by atoms with Crippen molar-refractivity contribution in [2.45, 2.75) is 56.9 Å². The Labute approximate surface area is 116 Å². The van der Waals surface area contributed by atoms with Gasteiger partial charge >= 0.3 is 0 Å². The predicted octanol–water partition coefficient (Wildman–Crippen LogP) is 3.84. The molecule has 0 aromatic heterocycles. The monoisotopic (exact) mass is 277 g/mol. The van der Waals surface area contributed by atoms with E-state index in [9.17, 15) is 0 Å². The minimum atomic E-state index is 0. The van der Waals surface area contributed by atoms with E-state index < -0.39 is 0 Å². The second-order valence-electron chi connectivity index (χ2n) is 6.77. The second kappa shape index (κ2) is 4.90. The van der Waals surface area contributed by atoms with Crippen LogP contribution in [-0.4, -0.2) is 18.5 Å². The molecule has 0 spiro atoms. The SMILES string of the molecule is CNC(C)CC12CC3CC(CC(C3)C1Cl)C2.Cl. The molecule has 4 fully saturated rings. The Morgan fingerprint density at radius 1 is 1.24 bits per heavy atom. The second-order valence-corrected chi connectivity index (χ2v) is 7.24. The predicted molar refractivity (Wildman–Crippen MR) is 76.0 cm³/mol. The molecule has 0 amide bonds. The summed E-state index contributed by atoms with van der Waals surface area (Å²) in [5.74, 6) is 2.87. The van der Waals surface area contributed by atoms with E-state index in [1.807, 2.05) is 0 Å². The molecule has 4 aliphatic carbocycles. The molecule has 0 aliphatic heterocycles. The number of halogens is 2. The average Bonchev–Trinajstić information content (AvgIpc) is 2.24. The third-order valence-corrected chi connectivity index (χ3v) is 6.35. The van der Waals surface area contributed by atoms with Gasteiger partial charge in [-0.05, 0) is 75.7 Å². The van der Waals surface area contributed by atoms with E-state index in [1.54, 1.807) is 0 Å². The third-order valence-electron chi connectivity index (χ3n) is 5.53. The van der Waals surface area contributed by atoms with Crippen LogP contribution >= 0.6 is 24.0 Å². The van der Waals surface area contributed by atoms with Crippen molar-refractivity contribution in [2.75, 3.05) is 7.05 Å². The minimum Gasteiger partial charge on any atom is -0.317 e. The Hall–Kier alpha value is 0.540. The maximum Gasteiger partial charge on any atom is 0.0421 e. The van der Waals surface area contributed by atoms with Gasteiger partial charge in [-0.1, -0.05) is 0 Å². The molecule has 4 unspecified atom stereocenters. The average molecular weight is 278 g/mol. The lowest BCUT2D eigenvalue weighted by molar-refractivity contribution is -0.0558. The number of alkyl halides is 1. The summed E-state index contributed by atoms with van der Waals surface area (Å²) in [5.41, 5.74) is 0.485. The van der Waals surface area contributed by atoms with Gasteiger partial charge < -0.3 is 5.32 Å². The van der Waals surface area contributed by atoms with Crippen LogP contribution in [0.1, 0.15) is 45.4 Å². The Kier molecular flexibility index (Phi) is 4.03. The molecule has 17 heavy (non-hydrogen) atoms. The first kappa shape index (κ1) is 14.0. The summed E-state index contributed by atoms with van der Waals surface area (Å²) < 4.78 is 0. The van der Waals surface area contributed by atoms with Gasteiger partial charge in [0, 0.05) is 11.4 Å². The highest BCUT2D eigenvalue weighted by atomic mass is 35.5. The third kappa shape index (κ3) is 2.24. The van der Waals surface area contributed by atoms with Gasteiger partial charge in [0.1, 0.15) is 0 Å². The first-order valence-electron chi connectivity index (χ1n) is 6.94.